The van der Waals surface area contributed by atoms with E-state index in [0.717, 1.165) is 5.56 Å². The Bertz CT molecular complexity index is 1740. The number of carbonyl (C=O) groups excluding carboxylic acids is 2. The second-order valence-corrected chi connectivity index (χ2v) is 12.5. The monoisotopic (exact) mass is 617 g/mol. The summed E-state index contributed by atoms with van der Waals surface area (Å²) in [5, 5.41) is 22.3. The van der Waals surface area contributed by atoms with Crippen LogP contribution in [0.15, 0.2) is 112 Å². The number of carbonyl (C=O) groups is 2. The molecule has 0 bridgehead atoms. The number of halogens is 1. The summed E-state index contributed by atoms with van der Waals surface area (Å²) in [6.07, 6.45) is 0. The van der Waals surface area contributed by atoms with Crippen LogP contribution in [-0.4, -0.2) is 27.0 Å². The van der Waals surface area contributed by atoms with Gasteiger partial charge in [0, 0.05) is 10.8 Å². The van der Waals surface area contributed by atoms with Crippen LogP contribution in [0.5, 0.6) is 11.5 Å². The van der Waals surface area contributed by atoms with E-state index in [-0.39, 0.29) is 10.7 Å². The fourth-order valence-corrected chi connectivity index (χ4v) is 6.97. The Hall–Kier alpha value is -3.96. The number of ether oxygens (including phenoxy) is 1. The number of hydrogen-bond acceptors (Lipinski definition) is 9. The van der Waals surface area contributed by atoms with Gasteiger partial charge in [-0.15, -0.1) is 21.5 Å². The second-order valence-electron chi connectivity index (χ2n) is 8.90. The molecule has 3 heterocycles. The van der Waals surface area contributed by atoms with Gasteiger partial charge in [-0.2, -0.15) is 0 Å². The molecule has 2 aromatic heterocycles. The summed E-state index contributed by atoms with van der Waals surface area (Å²) < 4.78 is 6.66. The maximum Gasteiger partial charge on any atom is 0.296 e. The summed E-state index contributed by atoms with van der Waals surface area (Å²) in [6.45, 7) is 0. The minimum atomic E-state index is -0.932. The first kappa shape index (κ1) is 27.2. The molecule has 1 N–H and O–H groups in total. The predicted molar refractivity (Wildman–Crippen MR) is 162 cm³/mol. The topological polar surface area (TPSA) is 92.6 Å². The molecule has 6 rings (SSSR count). The highest BCUT2D eigenvalue weighted by Crippen LogP contribution is 2.45. The second kappa shape index (κ2) is 11.9. The number of benzene rings is 3. The molecule has 0 fully saturated rings. The third kappa shape index (κ3) is 5.77. The van der Waals surface area contributed by atoms with Gasteiger partial charge in [0.15, 0.2) is 10.1 Å². The van der Waals surface area contributed by atoms with Crippen LogP contribution in [0.25, 0.3) is 0 Å². The van der Waals surface area contributed by atoms with Crippen LogP contribution in [0.4, 0.5) is 5.13 Å². The number of rotatable bonds is 9. The molecule has 0 saturated heterocycles. The number of ketones is 1. The third-order valence-corrected chi connectivity index (χ3v) is 9.48. The number of thioether (sulfide) groups is 1. The molecule has 11 heteroatoms. The van der Waals surface area contributed by atoms with Crippen LogP contribution in [0.2, 0.25) is 5.02 Å². The van der Waals surface area contributed by atoms with Crippen molar-refractivity contribution in [3.05, 3.63) is 129 Å². The molecular formula is C30H20ClN3O4S3. The number of aliphatic hydroxyl groups excluding tert-OH is 1. The van der Waals surface area contributed by atoms with Crippen molar-refractivity contribution in [3.63, 3.8) is 0 Å². The zero-order valence-corrected chi connectivity index (χ0v) is 24.3. The first-order valence-electron chi connectivity index (χ1n) is 12.4. The average Bonchev–Trinajstić information content (AvgIpc) is 3.74. The number of hydrogen-bond donors (Lipinski definition) is 1. The van der Waals surface area contributed by atoms with E-state index in [2.05, 4.69) is 10.2 Å². The normalized spacial score (nSPS) is 15.0. The van der Waals surface area contributed by atoms with E-state index in [4.69, 9.17) is 16.3 Å². The highest BCUT2D eigenvalue weighted by Gasteiger charge is 2.46. The Balaban J connectivity index is 1.35. The van der Waals surface area contributed by atoms with Crippen LogP contribution >= 0.6 is 46.0 Å². The van der Waals surface area contributed by atoms with Gasteiger partial charge in [0.1, 0.15) is 11.5 Å². The number of para-hydroxylation sites is 1. The number of anilines is 1. The summed E-state index contributed by atoms with van der Waals surface area (Å²) in [4.78, 5) is 28.9. The average molecular weight is 618 g/mol. The lowest BCUT2D eigenvalue weighted by Crippen LogP contribution is -2.31. The van der Waals surface area contributed by atoms with Gasteiger partial charge in [-0.05, 0) is 59.0 Å². The number of thiophene rings is 1. The zero-order chi connectivity index (χ0) is 28.3. The minimum Gasteiger partial charge on any atom is -0.503 e. The van der Waals surface area contributed by atoms with Gasteiger partial charge in [0.2, 0.25) is 10.9 Å². The summed E-state index contributed by atoms with van der Waals surface area (Å²) >= 11 is 9.92. The van der Waals surface area contributed by atoms with E-state index in [0.29, 0.717) is 37.1 Å². The predicted octanol–water partition coefficient (Wildman–Crippen LogP) is 8.12. The molecule has 1 aliphatic rings. The minimum absolute atomic E-state index is 0.0140. The molecule has 3 aromatic carbocycles. The molecule has 7 nitrogen and oxygen atoms in total. The molecule has 5 aromatic rings. The molecule has 1 atom stereocenters. The molecule has 0 saturated carbocycles. The van der Waals surface area contributed by atoms with Crippen molar-refractivity contribution in [2.75, 3.05) is 4.90 Å². The molecule has 0 spiro atoms. The largest absolute Gasteiger partial charge is 0.503 e. The van der Waals surface area contributed by atoms with Crippen molar-refractivity contribution in [2.45, 2.75) is 16.1 Å². The van der Waals surface area contributed by atoms with Crippen molar-refractivity contribution in [1.82, 2.24) is 10.2 Å². The van der Waals surface area contributed by atoms with Crippen LogP contribution in [-0.2, 0) is 10.5 Å². The summed E-state index contributed by atoms with van der Waals surface area (Å²) in [6, 6.07) is 26.4. The van der Waals surface area contributed by atoms with E-state index < -0.39 is 23.5 Å². The fourth-order valence-electron chi connectivity index (χ4n) is 4.35. The Kier molecular flexibility index (Phi) is 7.89. The third-order valence-electron chi connectivity index (χ3n) is 6.23. The smallest absolute Gasteiger partial charge is 0.296 e. The summed E-state index contributed by atoms with van der Waals surface area (Å²) in [5.41, 5.74) is 1.63. The summed E-state index contributed by atoms with van der Waals surface area (Å²) in [7, 11) is 0. The highest BCUT2D eigenvalue weighted by atomic mass is 35.5. The molecule has 204 valence electrons. The maximum absolute atomic E-state index is 13.6. The van der Waals surface area contributed by atoms with Gasteiger partial charge in [-0.1, -0.05) is 83.2 Å². The van der Waals surface area contributed by atoms with Gasteiger partial charge in [-0.25, -0.2) is 0 Å². The maximum atomic E-state index is 13.6. The van der Waals surface area contributed by atoms with Crippen molar-refractivity contribution < 1.29 is 19.4 Å². The Morgan fingerprint density at radius 1 is 0.976 bits per heavy atom. The van der Waals surface area contributed by atoms with Gasteiger partial charge in [0.05, 0.1) is 16.5 Å². The van der Waals surface area contributed by atoms with Gasteiger partial charge < -0.3 is 9.84 Å². The number of nitrogens with zero attached hydrogens (tertiary/aromatic N) is 3. The van der Waals surface area contributed by atoms with Crippen LogP contribution in [0.1, 0.15) is 26.8 Å². The Morgan fingerprint density at radius 2 is 1.76 bits per heavy atom. The van der Waals surface area contributed by atoms with Crippen LogP contribution < -0.4 is 9.64 Å². The van der Waals surface area contributed by atoms with Crippen molar-refractivity contribution in [1.29, 1.82) is 0 Å². The lowest BCUT2D eigenvalue weighted by Gasteiger charge is -2.24. The van der Waals surface area contributed by atoms with Crippen LogP contribution in [0, 0.1) is 0 Å². The van der Waals surface area contributed by atoms with Gasteiger partial charge in [0.25, 0.3) is 5.91 Å². The number of aromatic nitrogens is 2. The number of aliphatic hydroxyl groups is 1. The summed E-state index contributed by atoms with van der Waals surface area (Å²) in [5.74, 6) is 0.0569. The first-order valence-corrected chi connectivity index (χ1v) is 15.4. The first-order chi connectivity index (χ1) is 20.0. The number of amides is 1. The van der Waals surface area contributed by atoms with E-state index >= 15 is 0 Å². The SMILES string of the molecule is O=C(C1=C(O)C(=O)N(c2nnc(SCc3ccc(Cl)cc3)s2)C1c1cccc(Oc2ccccc2)c1)c1cccs1. The molecule has 0 aliphatic carbocycles. The highest BCUT2D eigenvalue weighted by molar-refractivity contribution is 8.00. The van der Waals surface area contributed by atoms with Gasteiger partial charge in [-0.3, -0.25) is 14.5 Å². The van der Waals surface area contributed by atoms with Crippen molar-refractivity contribution in [2.24, 2.45) is 0 Å². The zero-order valence-electron chi connectivity index (χ0n) is 21.1. The fraction of sp³-hybridized carbons (Fsp3) is 0.0667. The molecule has 41 heavy (non-hydrogen) atoms. The lowest BCUT2D eigenvalue weighted by atomic mass is 9.95. The molecular weight excluding hydrogens is 598 g/mol. The van der Waals surface area contributed by atoms with E-state index in [9.17, 15) is 14.7 Å². The molecule has 1 amide bonds. The molecule has 0 radical (unpaired) electrons. The quantitative estimate of drug-likeness (QED) is 0.101. The molecule has 1 aliphatic heterocycles. The Morgan fingerprint density at radius 3 is 2.51 bits per heavy atom. The van der Waals surface area contributed by atoms with Crippen molar-refractivity contribution >= 4 is 62.9 Å². The van der Waals surface area contributed by atoms with E-state index in [1.54, 1.807) is 41.8 Å². The lowest BCUT2D eigenvalue weighted by molar-refractivity contribution is -0.117. The molecule has 1 unspecified atom stereocenters. The van der Waals surface area contributed by atoms with Crippen molar-refractivity contribution in [3.8, 4) is 11.5 Å². The standard InChI is InChI=1S/C30H20ClN3O4S3/c31-20-13-11-18(12-14-20)17-40-30-33-32-29(41-30)34-25(24(27(36)28(34)37)26(35)23-10-5-15-39-23)19-6-4-9-22(16-19)38-21-7-2-1-3-8-21/h1-16,25,36H,17H2. The van der Waals surface area contributed by atoms with Crippen LogP contribution in [0.3, 0.4) is 0 Å². The van der Waals surface area contributed by atoms with E-state index in [1.165, 1.54) is 39.3 Å². The Labute approximate surface area is 252 Å². The number of Topliss-reactive ketones (excluding diaryl/α,β-unsaturated/α-hetero) is 1. The van der Waals surface area contributed by atoms with Gasteiger partial charge >= 0.3 is 0 Å². The van der Waals surface area contributed by atoms with E-state index in [1.807, 2.05) is 54.6 Å².